The molecule has 3 N–H and O–H groups in total. The topological polar surface area (TPSA) is 112 Å². The molecule has 0 bridgehead atoms. The van der Waals surface area contributed by atoms with E-state index in [-0.39, 0.29) is 12.0 Å². The first kappa shape index (κ1) is 21.3. The van der Waals surface area contributed by atoms with Gasteiger partial charge in [0.05, 0.1) is 20.0 Å². The first-order valence-electron chi connectivity index (χ1n) is 10.9. The van der Waals surface area contributed by atoms with Gasteiger partial charge in [0.15, 0.2) is 11.5 Å². The summed E-state index contributed by atoms with van der Waals surface area (Å²) in [5.74, 6) is 2.37. The van der Waals surface area contributed by atoms with Crippen molar-refractivity contribution in [2.75, 3.05) is 43.6 Å². The van der Waals surface area contributed by atoms with Crippen LogP contribution >= 0.6 is 0 Å². The summed E-state index contributed by atoms with van der Waals surface area (Å²) < 4.78 is 5.20. The van der Waals surface area contributed by atoms with E-state index in [9.17, 15) is 5.11 Å². The number of aliphatic hydroxyl groups is 1. The predicted octanol–water partition coefficient (Wildman–Crippen LogP) is 2.65. The molecule has 166 valence electrons. The number of methoxy groups -OCH3 is 1. The fourth-order valence-corrected chi connectivity index (χ4v) is 4.22. The average molecular weight is 426 g/mol. The summed E-state index contributed by atoms with van der Waals surface area (Å²) in [5, 5.41) is 13.5. The van der Waals surface area contributed by atoms with Gasteiger partial charge in [0, 0.05) is 43.2 Å². The van der Waals surface area contributed by atoms with Crippen molar-refractivity contribution in [1.82, 2.24) is 24.9 Å². The third-order valence-corrected chi connectivity index (χ3v) is 6.37. The lowest BCUT2D eigenvalue weighted by Gasteiger charge is -2.44. The summed E-state index contributed by atoms with van der Waals surface area (Å²) in [5.41, 5.74) is 2.24. The molecule has 1 unspecified atom stereocenters. The lowest BCUT2D eigenvalue weighted by Crippen LogP contribution is -2.49. The number of fused-ring (bicyclic) bond motifs is 1. The Hall–Kier alpha value is -2.94. The quantitative estimate of drug-likeness (QED) is 0.505. The third-order valence-electron chi connectivity index (χ3n) is 6.37. The van der Waals surface area contributed by atoms with Gasteiger partial charge in [-0.25, -0.2) is 9.97 Å². The van der Waals surface area contributed by atoms with Crippen LogP contribution in [0.25, 0.3) is 11.2 Å². The molecule has 1 atom stereocenters. The van der Waals surface area contributed by atoms with Crippen LogP contribution in [-0.2, 0) is 6.42 Å². The van der Waals surface area contributed by atoms with Gasteiger partial charge in [-0.05, 0) is 24.8 Å². The summed E-state index contributed by atoms with van der Waals surface area (Å²) in [6, 6.07) is 5.76. The van der Waals surface area contributed by atoms with E-state index < -0.39 is 0 Å². The Morgan fingerprint density at radius 1 is 1.29 bits per heavy atom. The highest BCUT2D eigenvalue weighted by molar-refractivity contribution is 5.83. The monoisotopic (exact) mass is 425 g/mol. The zero-order chi connectivity index (χ0) is 21.8. The molecule has 0 amide bonds. The van der Waals surface area contributed by atoms with Crippen LogP contribution in [0.2, 0.25) is 0 Å². The van der Waals surface area contributed by atoms with Crippen molar-refractivity contribution >= 4 is 22.9 Å². The number of aromatic nitrogens is 5. The number of aliphatic hydroxyl groups excluding tert-OH is 1. The second-order valence-corrected chi connectivity index (χ2v) is 8.52. The van der Waals surface area contributed by atoms with Crippen LogP contribution in [0.1, 0.15) is 32.4 Å². The minimum Gasteiger partial charge on any atom is -0.481 e. The highest BCUT2D eigenvalue weighted by atomic mass is 16.5. The molecule has 31 heavy (non-hydrogen) atoms. The van der Waals surface area contributed by atoms with Gasteiger partial charge in [-0.3, -0.25) is 0 Å². The summed E-state index contributed by atoms with van der Waals surface area (Å²) in [6.45, 7) is 6.80. The third kappa shape index (κ3) is 4.41. The number of rotatable bonds is 8. The molecule has 4 rings (SSSR count). The second kappa shape index (κ2) is 9.05. The number of pyridine rings is 1. The van der Waals surface area contributed by atoms with Gasteiger partial charge in [0.2, 0.25) is 11.8 Å². The van der Waals surface area contributed by atoms with Crippen molar-refractivity contribution < 1.29 is 9.84 Å². The molecule has 1 saturated heterocycles. The van der Waals surface area contributed by atoms with Crippen LogP contribution in [-0.4, -0.2) is 63.4 Å². The maximum absolute atomic E-state index is 10.1. The molecule has 0 radical (unpaired) electrons. The number of ether oxygens (including phenoxy) is 1. The van der Waals surface area contributed by atoms with E-state index in [2.05, 4.69) is 44.0 Å². The average Bonchev–Trinajstić information content (AvgIpc) is 3.28. The van der Waals surface area contributed by atoms with Crippen LogP contribution in [0.15, 0.2) is 24.5 Å². The molecule has 3 aromatic rings. The number of piperidine rings is 1. The summed E-state index contributed by atoms with van der Waals surface area (Å²) in [7, 11) is 1.62. The molecule has 0 saturated carbocycles. The molecule has 0 spiro atoms. The van der Waals surface area contributed by atoms with E-state index in [1.54, 1.807) is 13.4 Å². The maximum atomic E-state index is 10.1. The van der Waals surface area contributed by atoms with E-state index in [1.807, 2.05) is 18.2 Å². The zero-order valence-corrected chi connectivity index (χ0v) is 18.4. The Labute approximate surface area is 182 Å². The Bertz CT molecular complexity index is 1020. The van der Waals surface area contributed by atoms with Gasteiger partial charge in [-0.15, -0.1) is 0 Å². The number of nitrogens with one attached hydrogen (secondary N) is 2. The van der Waals surface area contributed by atoms with Crippen LogP contribution in [0.4, 0.5) is 11.8 Å². The minimum atomic E-state index is -0.131. The van der Waals surface area contributed by atoms with E-state index >= 15 is 0 Å². The largest absolute Gasteiger partial charge is 0.481 e. The summed E-state index contributed by atoms with van der Waals surface area (Å²) >= 11 is 0. The number of hydrogen-bond acceptors (Lipinski definition) is 8. The molecule has 0 aliphatic carbocycles. The first-order valence-corrected chi connectivity index (χ1v) is 10.9. The number of aromatic amines is 1. The molecule has 3 aromatic heterocycles. The summed E-state index contributed by atoms with van der Waals surface area (Å²) in [6.07, 6.45) is 4.39. The van der Waals surface area contributed by atoms with Gasteiger partial charge >= 0.3 is 0 Å². The molecule has 0 aromatic carbocycles. The van der Waals surface area contributed by atoms with Gasteiger partial charge in [-0.2, -0.15) is 9.97 Å². The summed E-state index contributed by atoms with van der Waals surface area (Å²) in [4.78, 5) is 23.7. The van der Waals surface area contributed by atoms with Crippen molar-refractivity contribution in [3.8, 4) is 5.88 Å². The predicted molar refractivity (Wildman–Crippen MR) is 120 cm³/mol. The smallest absolute Gasteiger partial charge is 0.229 e. The Morgan fingerprint density at radius 3 is 2.94 bits per heavy atom. The van der Waals surface area contributed by atoms with Crippen LogP contribution in [0.3, 0.4) is 0 Å². The fraction of sp³-hybridized carbons (Fsp3) is 0.545. The van der Waals surface area contributed by atoms with Crippen molar-refractivity contribution in [2.24, 2.45) is 11.3 Å². The Balaban J connectivity index is 1.53. The van der Waals surface area contributed by atoms with Crippen molar-refractivity contribution in [3.05, 3.63) is 30.2 Å². The van der Waals surface area contributed by atoms with Crippen molar-refractivity contribution in [3.63, 3.8) is 0 Å². The molecule has 9 heteroatoms. The number of imidazole rings is 1. The number of anilines is 2. The van der Waals surface area contributed by atoms with Gasteiger partial charge in [-0.1, -0.05) is 19.9 Å². The fourth-order valence-electron chi connectivity index (χ4n) is 4.22. The highest BCUT2D eigenvalue weighted by Gasteiger charge is 2.38. The molecular formula is C22H31N7O2. The zero-order valence-electron chi connectivity index (χ0n) is 18.4. The first-order chi connectivity index (χ1) is 15.0. The van der Waals surface area contributed by atoms with Gasteiger partial charge in [0.1, 0.15) is 5.52 Å². The van der Waals surface area contributed by atoms with E-state index in [4.69, 9.17) is 9.72 Å². The lowest BCUT2D eigenvalue weighted by atomic mass is 9.72. The molecule has 1 aliphatic heterocycles. The van der Waals surface area contributed by atoms with E-state index in [1.165, 1.54) is 0 Å². The Morgan fingerprint density at radius 2 is 2.16 bits per heavy atom. The minimum absolute atomic E-state index is 0.131. The van der Waals surface area contributed by atoms with Crippen LogP contribution in [0, 0.1) is 11.3 Å². The SMILES string of the molecule is COc1cccc(CCNc2nc(N3CCCC(CO)(C(C)C)C3)nc3nc[nH]c23)n1. The van der Waals surface area contributed by atoms with E-state index in [0.29, 0.717) is 29.9 Å². The highest BCUT2D eigenvalue weighted by Crippen LogP contribution is 2.38. The standard InChI is InChI=1S/C22H31N7O2/c1-15(2)22(13-30)9-5-11-29(12-22)21-27-19(18-20(28-21)25-14-24-18)23-10-8-16-6-4-7-17(26-16)31-3/h4,6-7,14-15,30H,5,8-13H2,1-3H3,(H2,23,24,25,27,28). The van der Waals surface area contributed by atoms with Crippen molar-refractivity contribution in [2.45, 2.75) is 33.1 Å². The number of H-pyrrole nitrogens is 1. The second-order valence-electron chi connectivity index (χ2n) is 8.52. The Kier molecular flexibility index (Phi) is 6.22. The normalized spacial score (nSPS) is 19.2. The number of nitrogens with zero attached hydrogens (tertiary/aromatic N) is 5. The molecule has 9 nitrogen and oxygen atoms in total. The lowest BCUT2D eigenvalue weighted by molar-refractivity contribution is 0.0596. The molecule has 1 fully saturated rings. The van der Waals surface area contributed by atoms with Crippen molar-refractivity contribution in [1.29, 1.82) is 0 Å². The maximum Gasteiger partial charge on any atom is 0.229 e. The molecule has 4 heterocycles. The number of hydrogen-bond donors (Lipinski definition) is 3. The van der Waals surface area contributed by atoms with E-state index in [0.717, 1.165) is 49.4 Å². The van der Waals surface area contributed by atoms with Gasteiger partial charge in [0.25, 0.3) is 0 Å². The van der Waals surface area contributed by atoms with Crippen LogP contribution in [0.5, 0.6) is 5.88 Å². The van der Waals surface area contributed by atoms with Gasteiger partial charge < -0.3 is 25.0 Å². The molecular weight excluding hydrogens is 394 g/mol. The van der Waals surface area contributed by atoms with Crippen LogP contribution < -0.4 is 15.0 Å². The molecule has 1 aliphatic rings.